The van der Waals surface area contributed by atoms with Gasteiger partial charge in [0.2, 0.25) is 5.91 Å². The molecule has 1 saturated carbocycles. The third-order valence-corrected chi connectivity index (χ3v) is 5.77. The Morgan fingerprint density at radius 1 is 1.43 bits per heavy atom. The first kappa shape index (κ1) is 15.0. The van der Waals surface area contributed by atoms with E-state index in [0.717, 1.165) is 25.7 Å². The molecule has 2 heterocycles. The van der Waals surface area contributed by atoms with Crippen molar-refractivity contribution in [1.29, 1.82) is 0 Å². The molecule has 1 N–H and O–H groups in total. The third kappa shape index (κ3) is 2.74. The van der Waals surface area contributed by atoms with Gasteiger partial charge in [0.05, 0.1) is 12.1 Å². The van der Waals surface area contributed by atoms with E-state index in [0.29, 0.717) is 12.1 Å². The fourth-order valence-corrected chi connectivity index (χ4v) is 4.47. The van der Waals surface area contributed by atoms with Crippen LogP contribution in [0.1, 0.15) is 48.5 Å². The molecule has 0 aromatic carbocycles. The minimum Gasteiger partial charge on any atom is -0.381 e. The summed E-state index contributed by atoms with van der Waals surface area (Å²) in [6, 6.07) is 4.55. The Hall–Kier alpha value is -0.910. The van der Waals surface area contributed by atoms with Gasteiger partial charge in [-0.05, 0) is 44.7 Å². The van der Waals surface area contributed by atoms with Crippen LogP contribution in [0.2, 0.25) is 0 Å². The number of nitrogens with zero attached hydrogens (tertiary/aromatic N) is 1. The van der Waals surface area contributed by atoms with Crippen molar-refractivity contribution < 1.29 is 9.53 Å². The fourth-order valence-electron chi connectivity index (χ4n) is 3.54. The Morgan fingerprint density at radius 2 is 2.24 bits per heavy atom. The van der Waals surface area contributed by atoms with Gasteiger partial charge in [-0.15, -0.1) is 11.3 Å². The van der Waals surface area contributed by atoms with Crippen LogP contribution in [0.3, 0.4) is 0 Å². The molecule has 1 aromatic rings. The summed E-state index contributed by atoms with van der Waals surface area (Å²) in [5, 5.41) is 3.53. The van der Waals surface area contributed by atoms with Crippen molar-refractivity contribution in [3.8, 4) is 0 Å². The monoisotopic (exact) mass is 308 g/mol. The molecule has 116 valence electrons. The molecule has 3 rings (SSSR count). The lowest BCUT2D eigenvalue weighted by atomic mass is 10.1. The maximum Gasteiger partial charge on any atom is 0.241 e. The van der Waals surface area contributed by atoms with Crippen LogP contribution in [0.25, 0.3) is 0 Å². The van der Waals surface area contributed by atoms with E-state index in [-0.39, 0.29) is 18.1 Å². The number of carbonyl (C=O) groups excluding carboxylic acids is 1. The molecule has 5 heteroatoms. The third-order valence-electron chi connectivity index (χ3n) is 4.71. The minimum absolute atomic E-state index is 0.0426. The van der Waals surface area contributed by atoms with E-state index in [1.54, 1.807) is 18.4 Å². The summed E-state index contributed by atoms with van der Waals surface area (Å²) >= 11 is 1.78. The number of rotatable bonds is 4. The van der Waals surface area contributed by atoms with Gasteiger partial charge in [-0.2, -0.15) is 0 Å². The standard InChI is InChI=1S/C16H24N2O2S/c1-4-13-16(19)18(11-6-7-12(9-11)20-3)15(17-13)14-8-5-10(2)21-14/h5,8,11-13,15,17H,4,6-7,9H2,1-3H3. The van der Waals surface area contributed by atoms with Crippen LogP contribution in [0, 0.1) is 6.92 Å². The van der Waals surface area contributed by atoms with E-state index < -0.39 is 0 Å². The second-order valence-electron chi connectivity index (χ2n) is 6.05. The second kappa shape index (κ2) is 6.07. The summed E-state index contributed by atoms with van der Waals surface area (Å²) in [4.78, 5) is 17.4. The zero-order chi connectivity index (χ0) is 15.0. The number of hydrogen-bond donors (Lipinski definition) is 1. The van der Waals surface area contributed by atoms with E-state index in [1.165, 1.54) is 9.75 Å². The van der Waals surface area contributed by atoms with Crippen LogP contribution in [-0.2, 0) is 9.53 Å². The van der Waals surface area contributed by atoms with Crippen molar-refractivity contribution in [3.63, 3.8) is 0 Å². The molecule has 1 amide bonds. The predicted molar refractivity (Wildman–Crippen MR) is 84.3 cm³/mol. The molecule has 4 atom stereocenters. The molecule has 2 aliphatic rings. The molecule has 0 radical (unpaired) electrons. The van der Waals surface area contributed by atoms with Crippen molar-refractivity contribution in [3.05, 3.63) is 21.9 Å². The van der Waals surface area contributed by atoms with E-state index >= 15 is 0 Å². The molecule has 1 saturated heterocycles. The van der Waals surface area contributed by atoms with Gasteiger partial charge in [-0.3, -0.25) is 10.1 Å². The maximum absolute atomic E-state index is 12.7. The van der Waals surface area contributed by atoms with Gasteiger partial charge >= 0.3 is 0 Å². The molecule has 0 bridgehead atoms. The van der Waals surface area contributed by atoms with Crippen molar-refractivity contribution in [1.82, 2.24) is 10.2 Å². The summed E-state index contributed by atoms with van der Waals surface area (Å²) in [5.41, 5.74) is 0. The van der Waals surface area contributed by atoms with Crippen LogP contribution in [0.5, 0.6) is 0 Å². The van der Waals surface area contributed by atoms with Gasteiger partial charge in [0.25, 0.3) is 0 Å². The van der Waals surface area contributed by atoms with Crippen LogP contribution >= 0.6 is 11.3 Å². The summed E-state index contributed by atoms with van der Waals surface area (Å²) in [6.45, 7) is 4.19. The van der Waals surface area contributed by atoms with Gasteiger partial charge in [0.1, 0.15) is 6.17 Å². The first-order chi connectivity index (χ1) is 10.1. The number of methoxy groups -OCH3 is 1. The van der Waals surface area contributed by atoms with Gasteiger partial charge < -0.3 is 9.64 Å². The Morgan fingerprint density at radius 3 is 2.81 bits per heavy atom. The summed E-state index contributed by atoms with van der Waals surface area (Å²) < 4.78 is 5.48. The van der Waals surface area contributed by atoms with Gasteiger partial charge in [-0.1, -0.05) is 6.92 Å². The van der Waals surface area contributed by atoms with Crippen LogP contribution in [0.4, 0.5) is 0 Å². The summed E-state index contributed by atoms with van der Waals surface area (Å²) in [5.74, 6) is 0.260. The normalized spacial score (nSPS) is 33.1. The second-order valence-corrected chi connectivity index (χ2v) is 7.37. The lowest BCUT2D eigenvalue weighted by molar-refractivity contribution is -0.132. The molecular weight excluding hydrogens is 284 g/mol. The number of thiophene rings is 1. The average Bonchev–Trinajstić information content (AvgIpc) is 3.16. The minimum atomic E-state index is -0.0426. The Balaban J connectivity index is 1.85. The highest BCUT2D eigenvalue weighted by Crippen LogP contribution is 2.37. The van der Waals surface area contributed by atoms with Gasteiger partial charge in [-0.25, -0.2) is 0 Å². The van der Waals surface area contributed by atoms with E-state index in [2.05, 4.69) is 36.2 Å². The molecule has 2 fully saturated rings. The molecule has 1 aliphatic heterocycles. The van der Waals surface area contributed by atoms with Gasteiger partial charge in [0.15, 0.2) is 0 Å². The Bertz CT molecular complexity index is 516. The Kier molecular flexibility index (Phi) is 4.33. The predicted octanol–water partition coefficient (Wildman–Crippen LogP) is 2.83. The number of nitrogens with one attached hydrogen (secondary N) is 1. The number of amides is 1. The first-order valence-corrected chi connectivity index (χ1v) is 8.63. The van der Waals surface area contributed by atoms with Crippen LogP contribution < -0.4 is 5.32 Å². The SMILES string of the molecule is CCC1NC(c2ccc(C)s2)N(C2CCC(OC)C2)C1=O. The molecular formula is C16H24N2O2S. The number of aryl methyl sites for hydroxylation is 1. The van der Waals surface area contributed by atoms with E-state index in [1.807, 2.05) is 0 Å². The molecule has 4 nitrogen and oxygen atoms in total. The quantitative estimate of drug-likeness (QED) is 0.930. The van der Waals surface area contributed by atoms with Crippen LogP contribution in [-0.4, -0.2) is 36.1 Å². The lowest BCUT2D eigenvalue weighted by Gasteiger charge is -2.29. The Labute approximate surface area is 130 Å². The largest absolute Gasteiger partial charge is 0.381 e. The molecule has 21 heavy (non-hydrogen) atoms. The molecule has 1 aromatic heterocycles. The van der Waals surface area contributed by atoms with Crippen molar-refractivity contribution in [2.24, 2.45) is 0 Å². The van der Waals surface area contributed by atoms with Gasteiger partial charge in [0, 0.05) is 22.9 Å². The zero-order valence-electron chi connectivity index (χ0n) is 13.0. The topological polar surface area (TPSA) is 41.6 Å². The van der Waals surface area contributed by atoms with E-state index in [4.69, 9.17) is 4.74 Å². The maximum atomic E-state index is 12.7. The highest BCUT2D eigenvalue weighted by Gasteiger charge is 2.44. The smallest absolute Gasteiger partial charge is 0.241 e. The molecule has 0 spiro atoms. The lowest BCUT2D eigenvalue weighted by Crippen LogP contribution is -2.39. The van der Waals surface area contributed by atoms with Crippen molar-refractivity contribution in [2.75, 3.05) is 7.11 Å². The van der Waals surface area contributed by atoms with E-state index in [9.17, 15) is 4.79 Å². The van der Waals surface area contributed by atoms with Crippen molar-refractivity contribution >= 4 is 17.2 Å². The summed E-state index contributed by atoms with van der Waals surface area (Å²) in [7, 11) is 1.77. The molecule has 4 unspecified atom stereocenters. The summed E-state index contributed by atoms with van der Waals surface area (Å²) in [6.07, 6.45) is 4.25. The number of hydrogen-bond acceptors (Lipinski definition) is 4. The molecule has 1 aliphatic carbocycles. The average molecular weight is 308 g/mol. The fraction of sp³-hybridized carbons (Fsp3) is 0.688. The highest BCUT2D eigenvalue weighted by atomic mass is 32.1. The number of ether oxygens (including phenoxy) is 1. The van der Waals surface area contributed by atoms with Crippen molar-refractivity contribution in [2.45, 2.75) is 63.9 Å². The zero-order valence-corrected chi connectivity index (χ0v) is 13.8. The van der Waals surface area contributed by atoms with Crippen LogP contribution in [0.15, 0.2) is 12.1 Å². The highest BCUT2D eigenvalue weighted by molar-refractivity contribution is 7.12. The number of carbonyl (C=O) groups is 1. The first-order valence-electron chi connectivity index (χ1n) is 7.81.